The quantitative estimate of drug-likeness (QED) is 0.871. The molecule has 0 bridgehead atoms. The molecule has 1 aliphatic carbocycles. The summed E-state index contributed by atoms with van der Waals surface area (Å²) >= 11 is 5.88. The number of carbonyl (C=O) groups excluding carboxylic acids is 1. The smallest absolute Gasteiger partial charge is 0.249 e. The number of hydrogen-bond acceptors (Lipinski definition) is 2. The van der Waals surface area contributed by atoms with Crippen LogP contribution in [0.1, 0.15) is 31.7 Å². The SMILES string of the molecule is CC[C@H](OC)C(=O)NC1(Cc2ccc(Cl)cc2)CC1. The number of hydrogen-bond donors (Lipinski definition) is 1. The Hall–Kier alpha value is -1.06. The Bertz CT molecular complexity index is 436. The van der Waals surface area contributed by atoms with Crippen molar-refractivity contribution in [3.63, 3.8) is 0 Å². The first-order chi connectivity index (χ1) is 9.08. The van der Waals surface area contributed by atoms with E-state index in [0.29, 0.717) is 6.42 Å². The van der Waals surface area contributed by atoms with E-state index in [1.54, 1.807) is 7.11 Å². The molecule has 1 amide bonds. The van der Waals surface area contributed by atoms with E-state index in [-0.39, 0.29) is 17.6 Å². The van der Waals surface area contributed by atoms with Crippen LogP contribution in [0.15, 0.2) is 24.3 Å². The largest absolute Gasteiger partial charge is 0.372 e. The van der Waals surface area contributed by atoms with E-state index in [9.17, 15) is 4.79 Å². The molecule has 0 heterocycles. The number of benzene rings is 1. The fourth-order valence-electron chi connectivity index (χ4n) is 2.29. The standard InChI is InChI=1S/C15H20ClNO2/c1-3-13(19-2)14(18)17-15(8-9-15)10-11-4-6-12(16)7-5-11/h4-7,13H,3,8-10H2,1-2H3,(H,17,18)/t13-/m0/s1. The topological polar surface area (TPSA) is 38.3 Å². The highest BCUT2D eigenvalue weighted by Gasteiger charge is 2.44. The van der Waals surface area contributed by atoms with Crippen LogP contribution in [0.25, 0.3) is 0 Å². The van der Waals surface area contributed by atoms with Gasteiger partial charge in [-0.2, -0.15) is 0 Å². The summed E-state index contributed by atoms with van der Waals surface area (Å²) in [4.78, 5) is 12.0. The second kappa shape index (κ2) is 5.93. The average molecular weight is 282 g/mol. The third-order valence-electron chi connectivity index (χ3n) is 3.65. The van der Waals surface area contributed by atoms with Gasteiger partial charge in [0.05, 0.1) is 0 Å². The van der Waals surface area contributed by atoms with Crippen LogP contribution in [0.3, 0.4) is 0 Å². The van der Waals surface area contributed by atoms with E-state index in [1.807, 2.05) is 31.2 Å². The van der Waals surface area contributed by atoms with Gasteiger partial charge in [-0.1, -0.05) is 30.7 Å². The van der Waals surface area contributed by atoms with Gasteiger partial charge >= 0.3 is 0 Å². The fourth-order valence-corrected chi connectivity index (χ4v) is 2.42. The fraction of sp³-hybridized carbons (Fsp3) is 0.533. The summed E-state index contributed by atoms with van der Waals surface area (Å²) in [6, 6.07) is 7.81. The normalized spacial score (nSPS) is 17.8. The summed E-state index contributed by atoms with van der Waals surface area (Å²) in [7, 11) is 1.58. The molecule has 1 N–H and O–H groups in total. The lowest BCUT2D eigenvalue weighted by Crippen LogP contribution is -2.44. The minimum absolute atomic E-state index is 0.00327. The molecule has 0 spiro atoms. The molecule has 1 atom stereocenters. The highest BCUT2D eigenvalue weighted by atomic mass is 35.5. The maximum atomic E-state index is 12.0. The molecule has 0 aliphatic heterocycles. The van der Waals surface area contributed by atoms with Crippen molar-refractivity contribution < 1.29 is 9.53 Å². The highest BCUT2D eigenvalue weighted by molar-refractivity contribution is 6.30. The first-order valence-corrected chi connectivity index (χ1v) is 7.05. The lowest BCUT2D eigenvalue weighted by Gasteiger charge is -2.21. The van der Waals surface area contributed by atoms with E-state index in [1.165, 1.54) is 5.56 Å². The van der Waals surface area contributed by atoms with Crippen LogP contribution in [-0.2, 0) is 16.0 Å². The van der Waals surface area contributed by atoms with Gasteiger partial charge in [-0.05, 0) is 43.4 Å². The van der Waals surface area contributed by atoms with Crippen molar-refractivity contribution in [3.05, 3.63) is 34.9 Å². The van der Waals surface area contributed by atoms with Crippen molar-refractivity contribution in [1.29, 1.82) is 0 Å². The molecule has 3 nitrogen and oxygen atoms in total. The summed E-state index contributed by atoms with van der Waals surface area (Å²) in [5.41, 5.74) is 1.13. The van der Waals surface area contributed by atoms with Gasteiger partial charge in [-0.15, -0.1) is 0 Å². The van der Waals surface area contributed by atoms with Gasteiger partial charge in [0, 0.05) is 17.7 Å². The first-order valence-electron chi connectivity index (χ1n) is 6.68. The molecule has 1 saturated carbocycles. The molecule has 0 radical (unpaired) electrons. The lowest BCUT2D eigenvalue weighted by molar-refractivity contribution is -0.132. The van der Waals surface area contributed by atoms with Crippen LogP contribution < -0.4 is 5.32 Å². The average Bonchev–Trinajstić information content (AvgIpc) is 3.13. The first kappa shape index (κ1) is 14.4. The highest BCUT2D eigenvalue weighted by Crippen LogP contribution is 2.39. The van der Waals surface area contributed by atoms with Crippen LogP contribution >= 0.6 is 11.6 Å². The summed E-state index contributed by atoms with van der Waals surface area (Å²) in [6.45, 7) is 1.95. The van der Waals surface area contributed by atoms with Gasteiger partial charge in [-0.3, -0.25) is 4.79 Å². The molecule has 1 aromatic carbocycles. The van der Waals surface area contributed by atoms with Gasteiger partial charge in [0.2, 0.25) is 5.91 Å². The van der Waals surface area contributed by atoms with E-state index in [0.717, 1.165) is 24.3 Å². The molecule has 4 heteroatoms. The second-order valence-electron chi connectivity index (χ2n) is 5.21. The zero-order valence-corrected chi connectivity index (χ0v) is 12.2. The molecule has 0 unspecified atom stereocenters. The zero-order valence-electron chi connectivity index (χ0n) is 11.4. The van der Waals surface area contributed by atoms with Gasteiger partial charge in [0.15, 0.2) is 0 Å². The Morgan fingerprint density at radius 1 is 1.42 bits per heavy atom. The number of rotatable bonds is 6. The predicted octanol–water partition coefficient (Wildman–Crippen LogP) is 2.96. The molecular formula is C15H20ClNO2. The molecule has 1 aliphatic rings. The van der Waals surface area contributed by atoms with Gasteiger partial charge in [0.1, 0.15) is 6.10 Å². The Labute approximate surface area is 119 Å². The third-order valence-corrected chi connectivity index (χ3v) is 3.90. The van der Waals surface area contributed by atoms with Crippen LogP contribution in [0.4, 0.5) is 0 Å². The van der Waals surface area contributed by atoms with E-state index in [4.69, 9.17) is 16.3 Å². The Kier molecular flexibility index (Phi) is 4.48. The summed E-state index contributed by atoms with van der Waals surface area (Å²) in [6.07, 6.45) is 3.26. The molecule has 0 aromatic heterocycles. The van der Waals surface area contributed by atoms with Crippen LogP contribution in [0.2, 0.25) is 5.02 Å². The number of nitrogens with one attached hydrogen (secondary N) is 1. The second-order valence-corrected chi connectivity index (χ2v) is 5.64. The number of ether oxygens (including phenoxy) is 1. The van der Waals surface area contributed by atoms with Crippen molar-refractivity contribution in [2.75, 3.05) is 7.11 Å². The third kappa shape index (κ3) is 3.71. The monoisotopic (exact) mass is 281 g/mol. The van der Waals surface area contributed by atoms with Crippen molar-refractivity contribution >= 4 is 17.5 Å². The van der Waals surface area contributed by atoms with E-state index >= 15 is 0 Å². The maximum Gasteiger partial charge on any atom is 0.249 e. The number of amides is 1. The Balaban J connectivity index is 1.96. The van der Waals surface area contributed by atoms with Crippen LogP contribution in [0.5, 0.6) is 0 Å². The number of carbonyl (C=O) groups is 1. The van der Waals surface area contributed by atoms with Crippen molar-refractivity contribution in [1.82, 2.24) is 5.32 Å². The lowest BCUT2D eigenvalue weighted by atomic mass is 10.0. The predicted molar refractivity (Wildman–Crippen MR) is 76.4 cm³/mol. The molecule has 19 heavy (non-hydrogen) atoms. The number of halogens is 1. The van der Waals surface area contributed by atoms with Crippen LogP contribution in [-0.4, -0.2) is 24.7 Å². The molecular weight excluding hydrogens is 262 g/mol. The summed E-state index contributed by atoms with van der Waals surface area (Å²) < 4.78 is 5.17. The molecule has 1 fully saturated rings. The van der Waals surface area contributed by atoms with E-state index < -0.39 is 0 Å². The maximum absolute atomic E-state index is 12.0. The van der Waals surface area contributed by atoms with Crippen molar-refractivity contribution in [2.24, 2.45) is 0 Å². The molecule has 1 aromatic rings. The molecule has 0 saturated heterocycles. The summed E-state index contributed by atoms with van der Waals surface area (Å²) in [5.74, 6) is -0.00327. The van der Waals surface area contributed by atoms with Crippen LogP contribution in [0, 0.1) is 0 Å². The van der Waals surface area contributed by atoms with Crippen molar-refractivity contribution in [2.45, 2.75) is 44.2 Å². The molecule has 2 rings (SSSR count). The summed E-state index contributed by atoms with van der Waals surface area (Å²) in [5, 5.41) is 3.87. The van der Waals surface area contributed by atoms with Crippen molar-refractivity contribution in [3.8, 4) is 0 Å². The molecule has 104 valence electrons. The Morgan fingerprint density at radius 3 is 2.53 bits per heavy atom. The van der Waals surface area contributed by atoms with Gasteiger partial charge in [0.25, 0.3) is 0 Å². The Morgan fingerprint density at radius 2 is 2.05 bits per heavy atom. The van der Waals surface area contributed by atoms with E-state index in [2.05, 4.69) is 5.32 Å². The zero-order chi connectivity index (χ0) is 13.9. The minimum atomic E-state index is -0.345. The van der Waals surface area contributed by atoms with Gasteiger partial charge < -0.3 is 10.1 Å². The minimum Gasteiger partial charge on any atom is -0.372 e. The van der Waals surface area contributed by atoms with Gasteiger partial charge in [-0.25, -0.2) is 0 Å². The number of methoxy groups -OCH3 is 1.